The van der Waals surface area contributed by atoms with Crippen molar-refractivity contribution >= 4 is 15.9 Å². The van der Waals surface area contributed by atoms with Gasteiger partial charge in [-0.2, -0.15) is 0 Å². The summed E-state index contributed by atoms with van der Waals surface area (Å²) >= 11 is 3.63. The maximum atomic E-state index is 5.07. The first-order chi connectivity index (χ1) is 16.4. The van der Waals surface area contributed by atoms with Crippen LogP contribution in [-0.2, 0) is 6.42 Å². The average Bonchev–Trinajstić information content (AvgIpc) is 3.21. The second-order valence-electron chi connectivity index (χ2n) is 9.45. The van der Waals surface area contributed by atoms with Crippen molar-refractivity contribution < 1.29 is 0 Å². The van der Waals surface area contributed by atoms with E-state index < -0.39 is 0 Å². The van der Waals surface area contributed by atoms with Gasteiger partial charge in [0, 0.05) is 15.6 Å². The Morgan fingerprint density at radius 1 is 0.794 bits per heavy atom. The van der Waals surface area contributed by atoms with Gasteiger partial charge in [0.2, 0.25) is 0 Å². The molecule has 0 aliphatic rings. The Morgan fingerprint density at radius 3 is 2.15 bits per heavy atom. The lowest BCUT2D eigenvalue weighted by Gasteiger charge is -2.15. The van der Waals surface area contributed by atoms with Crippen molar-refractivity contribution in [3.63, 3.8) is 0 Å². The summed E-state index contributed by atoms with van der Waals surface area (Å²) in [5.41, 5.74) is 9.53. The quantitative estimate of drug-likeness (QED) is 0.219. The smallest absolute Gasteiger partial charge is 0.182 e. The first kappa shape index (κ1) is 24.4. The van der Waals surface area contributed by atoms with Crippen LogP contribution in [-0.4, -0.2) is 14.8 Å². The molecule has 0 saturated carbocycles. The van der Waals surface area contributed by atoms with Crippen LogP contribution < -0.4 is 0 Å². The normalized spacial score (nSPS) is 11.2. The van der Waals surface area contributed by atoms with Gasteiger partial charge in [-0.3, -0.25) is 0 Å². The first-order valence-corrected chi connectivity index (χ1v) is 13.1. The molecule has 0 aliphatic heterocycles. The molecule has 0 atom stereocenters. The molecule has 1 heterocycles. The van der Waals surface area contributed by atoms with Crippen molar-refractivity contribution in [3.8, 4) is 28.5 Å². The third-order valence-electron chi connectivity index (χ3n) is 6.25. The van der Waals surface area contributed by atoms with E-state index in [-0.39, 0.29) is 0 Å². The predicted octanol–water partition coefficient (Wildman–Crippen LogP) is 8.72. The monoisotopic (exact) mass is 515 g/mol. The molecule has 0 bridgehead atoms. The van der Waals surface area contributed by atoms with Gasteiger partial charge in [-0.05, 0) is 81.5 Å². The van der Waals surface area contributed by atoms with E-state index in [0.29, 0.717) is 0 Å². The average molecular weight is 517 g/mol. The van der Waals surface area contributed by atoms with Crippen molar-refractivity contribution in [2.45, 2.75) is 66.7 Å². The van der Waals surface area contributed by atoms with Gasteiger partial charge in [0.1, 0.15) is 0 Å². The van der Waals surface area contributed by atoms with E-state index in [1.807, 2.05) is 16.8 Å². The Labute approximate surface area is 212 Å². The summed E-state index contributed by atoms with van der Waals surface area (Å²) < 4.78 is 3.07. The molecule has 0 saturated heterocycles. The molecule has 4 rings (SSSR count). The van der Waals surface area contributed by atoms with Crippen LogP contribution in [0.1, 0.15) is 60.4 Å². The first-order valence-electron chi connectivity index (χ1n) is 12.3. The van der Waals surface area contributed by atoms with Crippen molar-refractivity contribution in [1.82, 2.24) is 14.8 Å². The highest BCUT2D eigenvalue weighted by atomic mass is 79.9. The summed E-state index contributed by atoms with van der Waals surface area (Å²) in [6.45, 7) is 10.9. The van der Waals surface area contributed by atoms with Gasteiger partial charge in [0.15, 0.2) is 11.6 Å². The molecule has 0 spiro atoms. The summed E-state index contributed by atoms with van der Waals surface area (Å²) in [4.78, 5) is 5.06. The molecular weight excluding hydrogens is 482 g/mol. The van der Waals surface area contributed by atoms with Crippen LogP contribution in [0.2, 0.25) is 0 Å². The van der Waals surface area contributed by atoms with Crippen LogP contribution in [0.25, 0.3) is 28.5 Å². The summed E-state index contributed by atoms with van der Waals surface area (Å²) in [5, 5.41) is 5.07. The summed E-state index contributed by atoms with van der Waals surface area (Å²) in [5.74, 6) is 1.61. The Morgan fingerprint density at radius 2 is 1.50 bits per heavy atom. The van der Waals surface area contributed by atoms with Gasteiger partial charge in [0.05, 0.1) is 5.69 Å². The van der Waals surface area contributed by atoms with Crippen LogP contribution in [0, 0.1) is 27.7 Å². The van der Waals surface area contributed by atoms with E-state index in [9.17, 15) is 0 Å². The molecular formula is C30H34BrN3. The minimum Gasteiger partial charge on any atom is -0.212 e. The number of nitrogens with zero attached hydrogens (tertiary/aromatic N) is 3. The molecule has 3 aromatic carbocycles. The lowest BCUT2D eigenvalue weighted by molar-refractivity contribution is 0.666. The SMILES string of the molecule is CCCCCCc1cc(C)c(-n2nc(-c3cc(C)cc(C)c3)nc2-c2cccc(Br)c2)c(C)c1. The number of halogens is 1. The van der Waals surface area contributed by atoms with Crippen LogP contribution in [0.15, 0.2) is 59.1 Å². The van der Waals surface area contributed by atoms with E-state index in [1.165, 1.54) is 53.5 Å². The highest BCUT2D eigenvalue weighted by Gasteiger charge is 2.19. The van der Waals surface area contributed by atoms with Gasteiger partial charge in [-0.15, -0.1) is 5.10 Å². The molecule has 176 valence electrons. The number of aryl methyl sites for hydroxylation is 5. The largest absolute Gasteiger partial charge is 0.212 e. The molecule has 0 amide bonds. The molecule has 34 heavy (non-hydrogen) atoms. The van der Waals surface area contributed by atoms with Crippen LogP contribution >= 0.6 is 15.9 Å². The fourth-order valence-electron chi connectivity index (χ4n) is 4.79. The van der Waals surface area contributed by atoms with Crippen LogP contribution in [0.3, 0.4) is 0 Å². The minimum absolute atomic E-state index is 0.754. The molecule has 1 aromatic heterocycles. The third kappa shape index (κ3) is 5.50. The maximum Gasteiger partial charge on any atom is 0.182 e. The second kappa shape index (κ2) is 10.7. The van der Waals surface area contributed by atoms with E-state index in [2.05, 4.69) is 93.0 Å². The molecule has 0 N–H and O–H groups in total. The maximum absolute atomic E-state index is 5.07. The number of hydrogen-bond donors (Lipinski definition) is 0. The minimum atomic E-state index is 0.754. The van der Waals surface area contributed by atoms with Gasteiger partial charge >= 0.3 is 0 Å². The lowest BCUT2D eigenvalue weighted by Crippen LogP contribution is -2.06. The fraction of sp³-hybridized carbons (Fsp3) is 0.333. The Bertz CT molecular complexity index is 1260. The summed E-state index contributed by atoms with van der Waals surface area (Å²) in [6.07, 6.45) is 6.25. The van der Waals surface area contributed by atoms with Gasteiger partial charge in [-0.1, -0.05) is 83.6 Å². The topological polar surface area (TPSA) is 30.7 Å². The van der Waals surface area contributed by atoms with E-state index in [0.717, 1.165) is 39.4 Å². The van der Waals surface area contributed by atoms with E-state index in [4.69, 9.17) is 10.1 Å². The van der Waals surface area contributed by atoms with Crippen LogP contribution in [0.4, 0.5) is 0 Å². The molecule has 0 radical (unpaired) electrons. The Hall–Kier alpha value is -2.72. The Balaban J connectivity index is 1.82. The molecule has 4 aromatic rings. The van der Waals surface area contributed by atoms with Crippen molar-refractivity contribution in [3.05, 3.63) is 86.9 Å². The zero-order chi connectivity index (χ0) is 24.2. The molecule has 0 fully saturated rings. The molecule has 0 unspecified atom stereocenters. The van der Waals surface area contributed by atoms with Crippen molar-refractivity contribution in [2.75, 3.05) is 0 Å². The Kier molecular flexibility index (Phi) is 7.67. The van der Waals surface area contributed by atoms with Gasteiger partial charge < -0.3 is 0 Å². The van der Waals surface area contributed by atoms with E-state index >= 15 is 0 Å². The standard InChI is InChI=1S/C30H34BrN3/c1-6-7-8-9-11-24-17-22(4)28(23(5)18-24)34-30(25-12-10-13-27(31)19-25)32-29(33-34)26-15-20(2)14-21(3)16-26/h10,12-19H,6-9,11H2,1-5H3. The number of unbranched alkanes of at least 4 members (excludes halogenated alkanes) is 3. The summed E-state index contributed by atoms with van der Waals surface area (Å²) in [6, 6.07) is 19.5. The van der Waals surface area contributed by atoms with E-state index in [1.54, 1.807) is 0 Å². The summed E-state index contributed by atoms with van der Waals surface area (Å²) in [7, 11) is 0. The van der Waals surface area contributed by atoms with Crippen LogP contribution in [0.5, 0.6) is 0 Å². The fourth-order valence-corrected chi connectivity index (χ4v) is 5.19. The lowest BCUT2D eigenvalue weighted by atomic mass is 9.99. The number of benzene rings is 3. The van der Waals surface area contributed by atoms with Crippen molar-refractivity contribution in [1.29, 1.82) is 0 Å². The molecule has 4 heteroatoms. The number of hydrogen-bond acceptors (Lipinski definition) is 2. The van der Waals surface area contributed by atoms with Gasteiger partial charge in [0.25, 0.3) is 0 Å². The zero-order valence-corrected chi connectivity index (χ0v) is 22.5. The highest BCUT2D eigenvalue weighted by molar-refractivity contribution is 9.10. The number of rotatable bonds is 8. The van der Waals surface area contributed by atoms with Gasteiger partial charge in [-0.25, -0.2) is 9.67 Å². The van der Waals surface area contributed by atoms with Crippen molar-refractivity contribution in [2.24, 2.45) is 0 Å². The second-order valence-corrected chi connectivity index (χ2v) is 10.4. The highest BCUT2D eigenvalue weighted by Crippen LogP contribution is 2.31. The molecule has 3 nitrogen and oxygen atoms in total. The third-order valence-corrected chi connectivity index (χ3v) is 6.74. The molecule has 0 aliphatic carbocycles. The number of aromatic nitrogens is 3. The zero-order valence-electron chi connectivity index (χ0n) is 21.0. The predicted molar refractivity (Wildman–Crippen MR) is 147 cm³/mol.